The van der Waals surface area contributed by atoms with Crippen molar-refractivity contribution in [3.8, 4) is 22.6 Å². The maximum absolute atomic E-state index is 13.1. The van der Waals surface area contributed by atoms with Crippen molar-refractivity contribution in [2.75, 3.05) is 0 Å². The minimum absolute atomic E-state index is 0.234. The molecule has 0 aliphatic heterocycles. The molecule has 0 atom stereocenters. The first-order valence-corrected chi connectivity index (χ1v) is 11.8. The van der Waals surface area contributed by atoms with Crippen molar-refractivity contribution in [3.63, 3.8) is 0 Å². The predicted molar refractivity (Wildman–Crippen MR) is 134 cm³/mol. The standard InChI is InChI=1S/C27H14Br2O5/c28-23-7-3-1-5-19(23)26(31)33-15-9-11-17-18-12-10-16(14-22(18)25(30)21(17)13-15)34-27(32)20-6-2-4-8-24(20)29/h1-14H. The lowest BCUT2D eigenvalue weighted by Gasteiger charge is -2.08. The van der Waals surface area contributed by atoms with E-state index in [1.165, 1.54) is 0 Å². The summed E-state index contributed by atoms with van der Waals surface area (Å²) in [5.74, 6) is -0.765. The van der Waals surface area contributed by atoms with Gasteiger partial charge in [-0.15, -0.1) is 0 Å². The average molecular weight is 578 g/mol. The number of carbonyl (C=O) groups is 3. The van der Waals surface area contributed by atoms with Crippen LogP contribution < -0.4 is 9.47 Å². The number of benzene rings is 4. The summed E-state index contributed by atoms with van der Waals surface area (Å²) < 4.78 is 12.2. The first-order valence-electron chi connectivity index (χ1n) is 10.2. The van der Waals surface area contributed by atoms with E-state index in [0.29, 0.717) is 31.2 Å². The van der Waals surface area contributed by atoms with Crippen molar-refractivity contribution in [3.05, 3.63) is 116 Å². The Kier molecular flexibility index (Phi) is 5.89. The van der Waals surface area contributed by atoms with Crippen LogP contribution in [0.4, 0.5) is 0 Å². The molecule has 0 N–H and O–H groups in total. The molecule has 4 aromatic carbocycles. The second-order valence-electron chi connectivity index (χ2n) is 7.48. The molecular formula is C27H14Br2O5. The summed E-state index contributed by atoms with van der Waals surface area (Å²) in [6.07, 6.45) is 0. The smallest absolute Gasteiger partial charge is 0.344 e. The molecule has 7 heteroatoms. The third-order valence-electron chi connectivity index (χ3n) is 5.37. The lowest BCUT2D eigenvalue weighted by atomic mass is 10.1. The van der Waals surface area contributed by atoms with Crippen LogP contribution >= 0.6 is 31.9 Å². The van der Waals surface area contributed by atoms with Crippen molar-refractivity contribution in [1.82, 2.24) is 0 Å². The summed E-state index contributed by atoms with van der Waals surface area (Å²) in [5.41, 5.74) is 3.06. The van der Waals surface area contributed by atoms with E-state index >= 15 is 0 Å². The van der Waals surface area contributed by atoms with Crippen LogP contribution in [0.5, 0.6) is 11.5 Å². The van der Waals surface area contributed by atoms with E-state index in [1.54, 1.807) is 84.9 Å². The zero-order valence-electron chi connectivity index (χ0n) is 17.4. The number of esters is 2. The van der Waals surface area contributed by atoms with Gasteiger partial charge in [0, 0.05) is 20.1 Å². The summed E-state index contributed by atoms with van der Waals surface area (Å²) in [6, 6.07) is 23.8. The Bertz CT molecular complexity index is 1380. The Morgan fingerprint density at radius 3 is 1.38 bits per heavy atom. The lowest BCUT2D eigenvalue weighted by Crippen LogP contribution is -2.10. The quantitative estimate of drug-likeness (QED) is 0.172. The van der Waals surface area contributed by atoms with Crippen LogP contribution in [-0.2, 0) is 0 Å². The zero-order valence-corrected chi connectivity index (χ0v) is 20.6. The minimum Gasteiger partial charge on any atom is -0.423 e. The van der Waals surface area contributed by atoms with Crippen LogP contribution in [-0.4, -0.2) is 17.7 Å². The van der Waals surface area contributed by atoms with Crippen molar-refractivity contribution in [1.29, 1.82) is 0 Å². The van der Waals surface area contributed by atoms with Gasteiger partial charge in [0.2, 0.25) is 0 Å². The third-order valence-corrected chi connectivity index (χ3v) is 6.75. The average Bonchev–Trinajstić information content (AvgIpc) is 3.10. The fraction of sp³-hybridized carbons (Fsp3) is 0. The third kappa shape index (κ3) is 4.08. The second kappa shape index (κ2) is 9.00. The van der Waals surface area contributed by atoms with Gasteiger partial charge in [0.1, 0.15) is 11.5 Å². The molecule has 0 spiro atoms. The topological polar surface area (TPSA) is 69.7 Å². The van der Waals surface area contributed by atoms with E-state index < -0.39 is 11.9 Å². The number of hydrogen-bond donors (Lipinski definition) is 0. The first-order chi connectivity index (χ1) is 16.4. The summed E-state index contributed by atoms with van der Waals surface area (Å²) in [5, 5.41) is 0. The van der Waals surface area contributed by atoms with Gasteiger partial charge in [-0.25, -0.2) is 9.59 Å². The van der Waals surface area contributed by atoms with E-state index in [0.717, 1.165) is 11.1 Å². The van der Waals surface area contributed by atoms with E-state index in [2.05, 4.69) is 31.9 Å². The molecule has 0 amide bonds. The van der Waals surface area contributed by atoms with Crippen LogP contribution in [0.1, 0.15) is 36.6 Å². The second-order valence-corrected chi connectivity index (χ2v) is 9.19. The lowest BCUT2D eigenvalue weighted by molar-refractivity contribution is 0.0724. The first kappa shape index (κ1) is 22.3. The van der Waals surface area contributed by atoms with Crippen LogP contribution in [0.2, 0.25) is 0 Å². The van der Waals surface area contributed by atoms with Gasteiger partial charge in [-0.3, -0.25) is 4.79 Å². The van der Waals surface area contributed by atoms with Crippen molar-refractivity contribution >= 4 is 49.6 Å². The van der Waals surface area contributed by atoms with E-state index in [4.69, 9.17) is 9.47 Å². The van der Waals surface area contributed by atoms with Gasteiger partial charge >= 0.3 is 11.9 Å². The van der Waals surface area contributed by atoms with Crippen molar-refractivity contribution in [2.24, 2.45) is 0 Å². The van der Waals surface area contributed by atoms with E-state index in [9.17, 15) is 14.4 Å². The fourth-order valence-corrected chi connectivity index (χ4v) is 4.64. The van der Waals surface area contributed by atoms with Crippen molar-refractivity contribution < 1.29 is 23.9 Å². The van der Waals surface area contributed by atoms with Crippen molar-refractivity contribution in [2.45, 2.75) is 0 Å². The number of rotatable bonds is 4. The fourth-order valence-electron chi connectivity index (χ4n) is 3.74. The summed E-state index contributed by atoms with van der Waals surface area (Å²) in [7, 11) is 0. The van der Waals surface area contributed by atoms with Gasteiger partial charge in [0.15, 0.2) is 5.78 Å². The Morgan fingerprint density at radius 1 is 0.559 bits per heavy atom. The highest BCUT2D eigenvalue weighted by Gasteiger charge is 2.28. The molecule has 1 aliphatic carbocycles. The van der Waals surface area contributed by atoms with Gasteiger partial charge in [0.25, 0.3) is 0 Å². The molecular weight excluding hydrogens is 564 g/mol. The zero-order chi connectivity index (χ0) is 23.8. The Morgan fingerprint density at radius 2 is 0.971 bits per heavy atom. The Hall–Kier alpha value is -3.55. The van der Waals surface area contributed by atoms with Crippen LogP contribution in [0.25, 0.3) is 11.1 Å². The molecule has 0 fully saturated rings. The molecule has 34 heavy (non-hydrogen) atoms. The van der Waals surface area contributed by atoms with Gasteiger partial charge in [-0.1, -0.05) is 24.3 Å². The number of carbonyl (C=O) groups excluding carboxylic acids is 3. The number of hydrogen-bond acceptors (Lipinski definition) is 5. The number of fused-ring (bicyclic) bond motifs is 3. The molecule has 0 saturated heterocycles. The maximum atomic E-state index is 13.1. The number of ether oxygens (including phenoxy) is 2. The van der Waals surface area contributed by atoms with Gasteiger partial charge in [-0.2, -0.15) is 0 Å². The highest BCUT2D eigenvalue weighted by atomic mass is 79.9. The van der Waals surface area contributed by atoms with Gasteiger partial charge in [0.05, 0.1) is 11.1 Å². The molecule has 4 aromatic rings. The van der Waals surface area contributed by atoms with Crippen LogP contribution in [0.3, 0.4) is 0 Å². The van der Waals surface area contributed by atoms with Gasteiger partial charge < -0.3 is 9.47 Å². The SMILES string of the molecule is O=C(Oc1ccc2c(c1)C(=O)c1cc(OC(=O)c3ccccc3Br)ccc1-2)c1ccccc1Br. The van der Waals surface area contributed by atoms with Crippen LogP contribution in [0.15, 0.2) is 93.9 Å². The highest BCUT2D eigenvalue weighted by Crippen LogP contribution is 2.40. The van der Waals surface area contributed by atoms with Crippen LogP contribution in [0, 0.1) is 0 Å². The molecule has 0 unspecified atom stereocenters. The number of halogens is 2. The Labute approximate surface area is 211 Å². The molecule has 0 radical (unpaired) electrons. The minimum atomic E-state index is -0.531. The summed E-state index contributed by atoms with van der Waals surface area (Å²) >= 11 is 6.68. The molecule has 0 heterocycles. The molecule has 0 bridgehead atoms. The molecule has 5 rings (SSSR count). The largest absolute Gasteiger partial charge is 0.423 e. The molecule has 5 nitrogen and oxygen atoms in total. The van der Waals surface area contributed by atoms with E-state index in [-0.39, 0.29) is 17.3 Å². The monoisotopic (exact) mass is 576 g/mol. The molecule has 166 valence electrons. The maximum Gasteiger partial charge on any atom is 0.344 e. The van der Waals surface area contributed by atoms with E-state index in [1.807, 2.05) is 0 Å². The van der Waals surface area contributed by atoms with Gasteiger partial charge in [-0.05, 0) is 104 Å². The normalized spacial score (nSPS) is 11.5. The molecule has 0 aromatic heterocycles. The number of ketones is 1. The molecule has 0 saturated carbocycles. The Balaban J connectivity index is 1.39. The predicted octanol–water partition coefficient (Wildman–Crippen LogP) is 6.86. The molecule has 1 aliphatic rings. The highest BCUT2D eigenvalue weighted by molar-refractivity contribution is 9.10. The summed E-state index contributed by atoms with van der Waals surface area (Å²) in [4.78, 5) is 38.2. The summed E-state index contributed by atoms with van der Waals surface area (Å²) in [6.45, 7) is 0.